The summed E-state index contributed by atoms with van der Waals surface area (Å²) in [5, 5.41) is 0. The molecule has 0 aromatic rings. The lowest BCUT2D eigenvalue weighted by Gasteiger charge is -2.19. The summed E-state index contributed by atoms with van der Waals surface area (Å²) < 4.78 is 0. The van der Waals surface area contributed by atoms with Gasteiger partial charge in [0.1, 0.15) is 0 Å². The van der Waals surface area contributed by atoms with Crippen LogP contribution in [-0.2, 0) is 0 Å². The average Bonchev–Trinajstić information content (AvgIpc) is 2.33. The minimum absolute atomic E-state index is 0.898. The first-order valence-corrected chi connectivity index (χ1v) is 3.78. The van der Waals surface area contributed by atoms with Gasteiger partial charge in [0.25, 0.3) is 0 Å². The van der Waals surface area contributed by atoms with Gasteiger partial charge in [0.05, 0.1) is 0 Å². The number of hydrogen-bond acceptors (Lipinski definition) is 0. The van der Waals surface area contributed by atoms with Gasteiger partial charge in [0, 0.05) is 0 Å². The normalized spacial score (nSPS) is 39.1. The summed E-state index contributed by atoms with van der Waals surface area (Å²) >= 11 is 0. The van der Waals surface area contributed by atoms with Crippen LogP contribution in [0.4, 0.5) is 0 Å². The Bertz CT molecular complexity index is 153. The average molecular weight is 120 g/mol. The predicted molar refractivity (Wildman–Crippen MR) is 39.1 cm³/mol. The summed E-state index contributed by atoms with van der Waals surface area (Å²) in [6.45, 7) is 0. The van der Waals surface area contributed by atoms with Gasteiger partial charge in [-0.25, -0.2) is 0 Å². The molecule has 2 aliphatic rings. The molecule has 0 spiro atoms. The van der Waals surface area contributed by atoms with E-state index in [4.69, 9.17) is 0 Å². The quantitative estimate of drug-likeness (QED) is 0.431. The van der Waals surface area contributed by atoms with Crippen LogP contribution in [0.5, 0.6) is 0 Å². The zero-order chi connectivity index (χ0) is 6.10. The lowest BCUT2D eigenvalue weighted by molar-refractivity contribution is 0.415. The highest BCUT2D eigenvalue weighted by molar-refractivity contribution is 5.08. The van der Waals surface area contributed by atoms with Gasteiger partial charge in [-0.15, -0.1) is 0 Å². The van der Waals surface area contributed by atoms with Crippen molar-refractivity contribution in [2.75, 3.05) is 0 Å². The predicted octanol–water partition coefficient (Wildman–Crippen LogP) is 2.53. The van der Waals surface area contributed by atoms with Crippen LogP contribution in [0.3, 0.4) is 0 Å². The van der Waals surface area contributed by atoms with Gasteiger partial charge in [-0.1, -0.05) is 24.3 Å². The molecule has 0 heterocycles. The smallest absolute Gasteiger partial charge is 0.0165 e. The molecule has 48 valence electrons. The zero-order valence-corrected chi connectivity index (χ0v) is 5.59. The van der Waals surface area contributed by atoms with Crippen molar-refractivity contribution >= 4 is 0 Å². The molecule has 0 aromatic heterocycles. The standard InChI is InChI=1S/C9H12/c1-2-5-9-7-3-6-8(9)4-1/h1-3,6,8-9H,4-5,7H2/t8-,9-/m0/s1. The van der Waals surface area contributed by atoms with Crippen LogP contribution in [0.1, 0.15) is 19.3 Å². The first-order chi connectivity index (χ1) is 4.47. The molecule has 0 unspecified atom stereocenters. The fourth-order valence-electron chi connectivity index (χ4n) is 1.83. The van der Waals surface area contributed by atoms with E-state index in [-0.39, 0.29) is 0 Å². The Morgan fingerprint density at radius 2 is 1.67 bits per heavy atom. The second-order valence-corrected chi connectivity index (χ2v) is 3.03. The lowest BCUT2D eigenvalue weighted by Crippen LogP contribution is -2.09. The van der Waals surface area contributed by atoms with Crippen molar-refractivity contribution in [1.29, 1.82) is 0 Å². The summed E-state index contributed by atoms with van der Waals surface area (Å²) in [6, 6.07) is 0. The van der Waals surface area contributed by atoms with Crippen LogP contribution in [0.2, 0.25) is 0 Å². The Balaban J connectivity index is 2.13. The minimum atomic E-state index is 0.898. The highest BCUT2D eigenvalue weighted by atomic mass is 14.3. The van der Waals surface area contributed by atoms with E-state index in [1.807, 2.05) is 0 Å². The molecule has 2 atom stereocenters. The molecule has 0 amide bonds. The Labute approximate surface area is 56.3 Å². The summed E-state index contributed by atoms with van der Waals surface area (Å²) in [5.74, 6) is 1.87. The van der Waals surface area contributed by atoms with Crippen LogP contribution < -0.4 is 0 Å². The Morgan fingerprint density at radius 1 is 0.889 bits per heavy atom. The zero-order valence-electron chi connectivity index (χ0n) is 5.59. The van der Waals surface area contributed by atoms with Crippen LogP contribution in [0, 0.1) is 11.8 Å². The first kappa shape index (κ1) is 5.28. The topological polar surface area (TPSA) is 0 Å². The Morgan fingerprint density at radius 3 is 2.56 bits per heavy atom. The van der Waals surface area contributed by atoms with Crippen LogP contribution in [0.25, 0.3) is 0 Å². The van der Waals surface area contributed by atoms with Crippen LogP contribution in [-0.4, -0.2) is 0 Å². The highest BCUT2D eigenvalue weighted by Crippen LogP contribution is 2.33. The van der Waals surface area contributed by atoms with Crippen molar-refractivity contribution in [2.45, 2.75) is 19.3 Å². The Kier molecular flexibility index (Phi) is 1.18. The third kappa shape index (κ3) is 0.827. The molecule has 0 nitrogen and oxygen atoms in total. The highest BCUT2D eigenvalue weighted by Gasteiger charge is 2.22. The largest absolute Gasteiger partial charge is 0.0882 e. The summed E-state index contributed by atoms with van der Waals surface area (Å²) in [6.07, 6.45) is 13.3. The maximum Gasteiger partial charge on any atom is -0.0165 e. The molecule has 0 bridgehead atoms. The molecule has 0 N–H and O–H groups in total. The molecule has 9 heavy (non-hydrogen) atoms. The van der Waals surface area contributed by atoms with Gasteiger partial charge in [-0.2, -0.15) is 0 Å². The lowest BCUT2D eigenvalue weighted by atomic mass is 9.86. The van der Waals surface area contributed by atoms with E-state index < -0.39 is 0 Å². The van der Waals surface area contributed by atoms with Gasteiger partial charge in [0.2, 0.25) is 0 Å². The van der Waals surface area contributed by atoms with E-state index in [1.165, 1.54) is 19.3 Å². The molecule has 0 saturated carbocycles. The Hall–Kier alpha value is -0.520. The van der Waals surface area contributed by atoms with Gasteiger partial charge >= 0.3 is 0 Å². The number of rotatable bonds is 0. The molecule has 0 aliphatic heterocycles. The molecule has 0 fully saturated rings. The first-order valence-electron chi connectivity index (χ1n) is 3.78. The third-order valence-corrected chi connectivity index (χ3v) is 2.44. The maximum atomic E-state index is 2.38. The second-order valence-electron chi connectivity index (χ2n) is 3.03. The van der Waals surface area contributed by atoms with Gasteiger partial charge in [0.15, 0.2) is 0 Å². The van der Waals surface area contributed by atoms with E-state index in [2.05, 4.69) is 24.3 Å². The van der Waals surface area contributed by atoms with Crippen molar-refractivity contribution in [3.05, 3.63) is 24.3 Å². The van der Waals surface area contributed by atoms with E-state index in [1.54, 1.807) is 0 Å². The van der Waals surface area contributed by atoms with Crippen molar-refractivity contribution in [2.24, 2.45) is 11.8 Å². The van der Waals surface area contributed by atoms with Gasteiger partial charge in [-0.05, 0) is 31.1 Å². The van der Waals surface area contributed by atoms with Crippen molar-refractivity contribution in [3.8, 4) is 0 Å². The van der Waals surface area contributed by atoms with Gasteiger partial charge in [-0.3, -0.25) is 0 Å². The number of hydrogen-bond donors (Lipinski definition) is 0. The molecule has 0 saturated heterocycles. The SMILES string of the molecule is C1=CC[C@H]2C=CC[C@@H]2C1. The van der Waals surface area contributed by atoms with Crippen LogP contribution >= 0.6 is 0 Å². The maximum absolute atomic E-state index is 2.38. The summed E-state index contributed by atoms with van der Waals surface area (Å²) in [4.78, 5) is 0. The number of fused-ring (bicyclic) bond motifs is 1. The second kappa shape index (κ2) is 2.02. The molecular weight excluding hydrogens is 108 g/mol. The summed E-state index contributed by atoms with van der Waals surface area (Å²) in [5.41, 5.74) is 0. The fraction of sp³-hybridized carbons (Fsp3) is 0.556. The molecule has 0 heteroatoms. The van der Waals surface area contributed by atoms with E-state index in [0.29, 0.717) is 0 Å². The fourth-order valence-corrected chi connectivity index (χ4v) is 1.83. The van der Waals surface area contributed by atoms with Crippen molar-refractivity contribution < 1.29 is 0 Å². The minimum Gasteiger partial charge on any atom is -0.0882 e. The molecule has 2 rings (SSSR count). The summed E-state index contributed by atoms with van der Waals surface area (Å²) in [7, 11) is 0. The van der Waals surface area contributed by atoms with E-state index in [0.717, 1.165) is 11.8 Å². The number of allylic oxidation sites excluding steroid dienone is 4. The van der Waals surface area contributed by atoms with Crippen molar-refractivity contribution in [1.82, 2.24) is 0 Å². The monoisotopic (exact) mass is 120 g/mol. The van der Waals surface area contributed by atoms with Crippen LogP contribution in [0.15, 0.2) is 24.3 Å². The molecule has 0 aromatic carbocycles. The van der Waals surface area contributed by atoms with E-state index in [9.17, 15) is 0 Å². The van der Waals surface area contributed by atoms with E-state index >= 15 is 0 Å². The molecule has 0 radical (unpaired) electrons. The molecule has 2 aliphatic carbocycles. The van der Waals surface area contributed by atoms with Crippen molar-refractivity contribution in [3.63, 3.8) is 0 Å². The molecular formula is C9H12. The third-order valence-electron chi connectivity index (χ3n) is 2.44. The van der Waals surface area contributed by atoms with Gasteiger partial charge < -0.3 is 0 Å².